The minimum absolute atomic E-state index is 0.0116. The minimum atomic E-state index is -0.729. The van der Waals surface area contributed by atoms with Gasteiger partial charge < -0.3 is 16.3 Å². The van der Waals surface area contributed by atoms with Gasteiger partial charge in [-0.05, 0) is 18.2 Å². The number of halogens is 2. The Morgan fingerprint density at radius 1 is 1.58 bits per heavy atom. The lowest BCUT2D eigenvalue weighted by atomic mass is 9.92. The maximum absolute atomic E-state index is 13.5. The van der Waals surface area contributed by atoms with E-state index in [1.54, 1.807) is 13.8 Å². The highest BCUT2D eigenvalue weighted by Crippen LogP contribution is 2.17. The van der Waals surface area contributed by atoms with Crippen LogP contribution in [0.5, 0.6) is 0 Å². The maximum Gasteiger partial charge on any atom is 0.254 e. The number of oxime groups is 1. The SMILES string of the molecule is CC(C)(CNC(=O)c1cc(Br)ccc1F)/C(N)=N/O. The lowest BCUT2D eigenvalue weighted by Crippen LogP contribution is -2.42. The number of carbonyl (C=O) groups excluding carboxylic acids is 1. The first-order valence-corrected chi connectivity index (χ1v) is 6.28. The summed E-state index contributed by atoms with van der Waals surface area (Å²) in [6.45, 7) is 3.51. The molecule has 0 heterocycles. The third kappa shape index (κ3) is 3.92. The summed E-state index contributed by atoms with van der Waals surface area (Å²) in [6.07, 6.45) is 0. The molecule has 0 aliphatic rings. The molecule has 1 aromatic rings. The standard InChI is InChI=1S/C12H15BrFN3O2/c1-12(2,11(15)17-19)6-16-10(18)8-5-7(13)3-4-9(8)14/h3-5,19H,6H2,1-2H3,(H2,15,17)(H,16,18). The van der Waals surface area contributed by atoms with E-state index >= 15 is 0 Å². The van der Waals surface area contributed by atoms with E-state index < -0.39 is 17.1 Å². The van der Waals surface area contributed by atoms with Gasteiger partial charge >= 0.3 is 0 Å². The predicted molar refractivity (Wildman–Crippen MR) is 73.6 cm³/mol. The number of nitrogens with two attached hydrogens (primary N) is 1. The highest BCUT2D eigenvalue weighted by atomic mass is 79.9. The zero-order valence-electron chi connectivity index (χ0n) is 10.6. The average molecular weight is 332 g/mol. The highest BCUT2D eigenvalue weighted by molar-refractivity contribution is 9.10. The van der Waals surface area contributed by atoms with Gasteiger partial charge in [0.1, 0.15) is 11.7 Å². The van der Waals surface area contributed by atoms with Gasteiger partial charge in [-0.15, -0.1) is 0 Å². The van der Waals surface area contributed by atoms with Gasteiger partial charge in [0.25, 0.3) is 5.91 Å². The molecule has 7 heteroatoms. The quantitative estimate of drug-likeness (QED) is 0.341. The van der Waals surface area contributed by atoms with Crippen molar-refractivity contribution in [1.29, 1.82) is 0 Å². The molecule has 0 aliphatic heterocycles. The van der Waals surface area contributed by atoms with E-state index in [4.69, 9.17) is 10.9 Å². The Balaban J connectivity index is 2.79. The van der Waals surface area contributed by atoms with Gasteiger partial charge in [0.15, 0.2) is 0 Å². The molecule has 0 atom stereocenters. The average Bonchev–Trinajstić information content (AvgIpc) is 2.37. The Labute approximate surface area is 118 Å². The summed E-state index contributed by atoms with van der Waals surface area (Å²) < 4.78 is 14.1. The molecule has 1 amide bonds. The van der Waals surface area contributed by atoms with Gasteiger partial charge in [0.2, 0.25) is 0 Å². The normalized spacial score (nSPS) is 12.3. The van der Waals surface area contributed by atoms with E-state index in [2.05, 4.69) is 26.4 Å². The zero-order valence-corrected chi connectivity index (χ0v) is 12.2. The molecular weight excluding hydrogens is 317 g/mol. The van der Waals surface area contributed by atoms with Crippen LogP contribution in [0.3, 0.4) is 0 Å². The van der Waals surface area contributed by atoms with Crippen LogP contribution in [0.25, 0.3) is 0 Å². The van der Waals surface area contributed by atoms with Crippen LogP contribution in [0.15, 0.2) is 27.8 Å². The molecule has 0 spiro atoms. The molecule has 0 saturated heterocycles. The summed E-state index contributed by atoms with van der Waals surface area (Å²) in [7, 11) is 0. The molecule has 0 saturated carbocycles. The zero-order chi connectivity index (χ0) is 14.6. The first-order valence-electron chi connectivity index (χ1n) is 5.49. The fraction of sp³-hybridized carbons (Fsp3) is 0.333. The molecule has 0 unspecified atom stereocenters. The summed E-state index contributed by atoms with van der Waals surface area (Å²) in [5.41, 5.74) is 4.70. The van der Waals surface area contributed by atoms with Gasteiger partial charge in [-0.2, -0.15) is 0 Å². The van der Waals surface area contributed by atoms with E-state index in [-0.39, 0.29) is 17.9 Å². The molecule has 0 bridgehead atoms. The molecule has 0 fully saturated rings. The largest absolute Gasteiger partial charge is 0.409 e. The van der Waals surface area contributed by atoms with Crippen LogP contribution in [0, 0.1) is 11.2 Å². The summed E-state index contributed by atoms with van der Waals surface area (Å²) in [4.78, 5) is 11.9. The second-order valence-electron chi connectivity index (χ2n) is 4.68. The Bertz CT molecular complexity index is 518. The fourth-order valence-electron chi connectivity index (χ4n) is 1.29. The predicted octanol–water partition coefficient (Wildman–Crippen LogP) is 2.09. The molecule has 4 N–H and O–H groups in total. The summed E-state index contributed by atoms with van der Waals surface area (Å²) in [5, 5.41) is 14.1. The number of carbonyl (C=O) groups is 1. The Morgan fingerprint density at radius 3 is 2.79 bits per heavy atom. The summed E-state index contributed by atoms with van der Waals surface area (Å²) >= 11 is 3.17. The van der Waals surface area contributed by atoms with Crippen LogP contribution in [-0.4, -0.2) is 23.5 Å². The van der Waals surface area contributed by atoms with Crippen molar-refractivity contribution in [3.63, 3.8) is 0 Å². The number of nitrogens with zero attached hydrogens (tertiary/aromatic N) is 1. The first kappa shape index (κ1) is 15.4. The number of benzene rings is 1. The van der Waals surface area contributed by atoms with Crippen molar-refractivity contribution in [1.82, 2.24) is 5.32 Å². The third-order valence-electron chi connectivity index (χ3n) is 2.67. The van der Waals surface area contributed by atoms with E-state index in [9.17, 15) is 9.18 Å². The molecule has 19 heavy (non-hydrogen) atoms. The van der Waals surface area contributed by atoms with Crippen LogP contribution >= 0.6 is 15.9 Å². The van der Waals surface area contributed by atoms with Crippen molar-refractivity contribution in [2.45, 2.75) is 13.8 Å². The van der Waals surface area contributed by atoms with Crippen molar-refractivity contribution < 1.29 is 14.4 Å². The van der Waals surface area contributed by atoms with Gasteiger partial charge in [0, 0.05) is 16.4 Å². The monoisotopic (exact) mass is 331 g/mol. The molecule has 0 radical (unpaired) electrons. The number of hydrogen-bond donors (Lipinski definition) is 3. The Hall–Kier alpha value is -1.63. The highest BCUT2D eigenvalue weighted by Gasteiger charge is 2.25. The smallest absolute Gasteiger partial charge is 0.254 e. The van der Waals surface area contributed by atoms with E-state index in [1.807, 2.05) is 0 Å². The second kappa shape index (κ2) is 6.01. The van der Waals surface area contributed by atoms with Crippen LogP contribution in [0.2, 0.25) is 0 Å². The number of nitrogens with one attached hydrogen (secondary N) is 1. The molecular formula is C12H15BrFN3O2. The molecule has 0 aliphatic carbocycles. The number of hydrogen-bond acceptors (Lipinski definition) is 3. The second-order valence-corrected chi connectivity index (χ2v) is 5.59. The topological polar surface area (TPSA) is 87.7 Å². The Morgan fingerprint density at radius 2 is 2.21 bits per heavy atom. The summed E-state index contributed by atoms with van der Waals surface area (Å²) in [6, 6.07) is 4.10. The molecule has 1 aromatic carbocycles. The van der Waals surface area contributed by atoms with Gasteiger partial charge in [-0.1, -0.05) is 34.9 Å². The van der Waals surface area contributed by atoms with Crippen LogP contribution in [0.1, 0.15) is 24.2 Å². The number of rotatable bonds is 4. The van der Waals surface area contributed by atoms with Crippen molar-refractivity contribution in [2.75, 3.05) is 6.54 Å². The molecule has 0 aromatic heterocycles. The lowest BCUT2D eigenvalue weighted by Gasteiger charge is -2.23. The molecule has 104 valence electrons. The van der Waals surface area contributed by atoms with Crippen LogP contribution < -0.4 is 11.1 Å². The number of amidine groups is 1. The Kier molecular flexibility index (Phi) is 4.88. The summed E-state index contributed by atoms with van der Waals surface area (Å²) in [5.74, 6) is -1.18. The molecule has 5 nitrogen and oxygen atoms in total. The first-order chi connectivity index (χ1) is 8.77. The maximum atomic E-state index is 13.5. The van der Waals surface area contributed by atoms with Gasteiger partial charge in [-0.25, -0.2) is 4.39 Å². The third-order valence-corrected chi connectivity index (χ3v) is 3.16. The minimum Gasteiger partial charge on any atom is -0.409 e. The van der Waals surface area contributed by atoms with Crippen LogP contribution in [0.4, 0.5) is 4.39 Å². The van der Waals surface area contributed by atoms with Crippen molar-refractivity contribution in [3.8, 4) is 0 Å². The van der Waals surface area contributed by atoms with Crippen molar-refractivity contribution >= 4 is 27.7 Å². The molecule has 1 rings (SSSR count). The van der Waals surface area contributed by atoms with E-state index in [1.165, 1.54) is 18.2 Å². The number of amides is 1. The van der Waals surface area contributed by atoms with E-state index in [0.29, 0.717) is 4.47 Å². The van der Waals surface area contributed by atoms with Crippen molar-refractivity contribution in [2.24, 2.45) is 16.3 Å². The van der Waals surface area contributed by atoms with Gasteiger partial charge in [-0.3, -0.25) is 4.79 Å². The van der Waals surface area contributed by atoms with E-state index in [0.717, 1.165) is 0 Å². The van der Waals surface area contributed by atoms with Gasteiger partial charge in [0.05, 0.1) is 5.56 Å². The fourth-order valence-corrected chi connectivity index (χ4v) is 1.65. The lowest BCUT2D eigenvalue weighted by molar-refractivity contribution is 0.0940. The van der Waals surface area contributed by atoms with Crippen LogP contribution in [-0.2, 0) is 0 Å². The van der Waals surface area contributed by atoms with Crippen molar-refractivity contribution in [3.05, 3.63) is 34.1 Å².